The van der Waals surface area contributed by atoms with E-state index in [4.69, 9.17) is 5.73 Å². The second-order valence-electron chi connectivity index (χ2n) is 4.53. The number of nitrogens with zero attached hydrogens (tertiary/aromatic N) is 3. The smallest absolute Gasteiger partial charge is 0.256 e. The van der Waals surface area contributed by atoms with Crippen molar-refractivity contribution < 1.29 is 4.79 Å². The van der Waals surface area contributed by atoms with Gasteiger partial charge >= 0.3 is 0 Å². The highest BCUT2D eigenvalue weighted by Gasteiger charge is 2.25. The summed E-state index contributed by atoms with van der Waals surface area (Å²) in [5, 5.41) is 0. The Bertz CT molecular complexity index is 593. The summed E-state index contributed by atoms with van der Waals surface area (Å²) in [6.45, 7) is 1.34. The Morgan fingerprint density at radius 3 is 2.94 bits per heavy atom. The van der Waals surface area contributed by atoms with Crippen LogP contribution in [0.15, 0.2) is 30.6 Å². The quantitative estimate of drug-likeness (QED) is 0.803. The lowest BCUT2D eigenvalue weighted by Crippen LogP contribution is -2.32. The molecule has 1 saturated heterocycles. The van der Waals surface area contributed by atoms with Crippen molar-refractivity contribution in [3.63, 3.8) is 0 Å². The Labute approximate surface area is 105 Å². The fraction of sp³-hybridized carbons (Fsp3) is 0.308. The van der Waals surface area contributed by atoms with Crippen molar-refractivity contribution in [1.82, 2.24) is 14.9 Å². The number of para-hydroxylation sites is 1. The molecule has 5 nitrogen and oxygen atoms in total. The van der Waals surface area contributed by atoms with Crippen molar-refractivity contribution in [3.8, 4) is 0 Å². The molecule has 1 aromatic carbocycles. The van der Waals surface area contributed by atoms with Crippen LogP contribution in [-0.2, 0) is 0 Å². The van der Waals surface area contributed by atoms with Crippen LogP contribution in [0.3, 0.4) is 0 Å². The van der Waals surface area contributed by atoms with Crippen LogP contribution in [0.4, 0.5) is 0 Å². The lowest BCUT2D eigenvalue weighted by atomic mass is 10.1. The summed E-state index contributed by atoms with van der Waals surface area (Å²) in [6, 6.07) is 5.58. The molecule has 5 heteroatoms. The minimum atomic E-state index is -0.00551. The number of amides is 1. The number of hydrogen-bond donors (Lipinski definition) is 1. The first-order valence-corrected chi connectivity index (χ1v) is 6.00. The maximum Gasteiger partial charge on any atom is 0.256 e. The summed E-state index contributed by atoms with van der Waals surface area (Å²) in [6.07, 6.45) is 4.10. The summed E-state index contributed by atoms with van der Waals surface area (Å²) in [5.74, 6) is -0.00551. The first-order valence-electron chi connectivity index (χ1n) is 6.00. The Morgan fingerprint density at radius 2 is 2.17 bits per heavy atom. The molecule has 2 N–H and O–H groups in total. The standard InChI is InChI=1S/C13H14N4O/c14-9-4-7-17(8-9)13(18)10-2-1-3-11-12(10)16-6-5-15-11/h1-3,5-6,9H,4,7-8,14H2/t9-/m0/s1. The molecule has 0 spiro atoms. The van der Waals surface area contributed by atoms with E-state index in [1.165, 1.54) is 0 Å². The molecule has 3 rings (SSSR count). The molecule has 1 aliphatic rings. The second kappa shape index (κ2) is 4.34. The van der Waals surface area contributed by atoms with Crippen molar-refractivity contribution in [2.75, 3.05) is 13.1 Å². The molecule has 1 atom stereocenters. The van der Waals surface area contributed by atoms with Gasteiger partial charge in [0.15, 0.2) is 0 Å². The van der Waals surface area contributed by atoms with E-state index in [2.05, 4.69) is 9.97 Å². The molecule has 2 heterocycles. The van der Waals surface area contributed by atoms with Gasteiger partial charge in [0.05, 0.1) is 11.1 Å². The number of likely N-dealkylation sites (tertiary alicyclic amines) is 1. The minimum Gasteiger partial charge on any atom is -0.337 e. The highest BCUT2D eigenvalue weighted by Crippen LogP contribution is 2.18. The molecular formula is C13H14N4O. The van der Waals surface area contributed by atoms with E-state index in [0.717, 1.165) is 18.5 Å². The number of benzene rings is 1. The Morgan fingerprint density at radius 1 is 1.33 bits per heavy atom. The number of carbonyl (C=O) groups excluding carboxylic acids is 1. The molecule has 2 aromatic rings. The first-order chi connectivity index (χ1) is 8.75. The lowest BCUT2D eigenvalue weighted by Gasteiger charge is -2.16. The molecule has 1 aliphatic heterocycles. The van der Waals surface area contributed by atoms with Crippen LogP contribution in [-0.4, -0.2) is 39.9 Å². The highest BCUT2D eigenvalue weighted by molar-refractivity contribution is 6.04. The first kappa shape index (κ1) is 11.1. The number of fused-ring (bicyclic) bond motifs is 1. The van der Waals surface area contributed by atoms with Gasteiger partial charge in [0.1, 0.15) is 5.52 Å². The summed E-state index contributed by atoms with van der Waals surface area (Å²) >= 11 is 0. The fourth-order valence-electron chi connectivity index (χ4n) is 2.31. The van der Waals surface area contributed by atoms with E-state index < -0.39 is 0 Å². The Kier molecular flexibility index (Phi) is 2.68. The minimum absolute atomic E-state index is 0.00551. The van der Waals surface area contributed by atoms with Gasteiger partial charge in [-0.3, -0.25) is 14.8 Å². The third-order valence-corrected chi connectivity index (χ3v) is 3.24. The van der Waals surface area contributed by atoms with E-state index >= 15 is 0 Å². The van der Waals surface area contributed by atoms with E-state index in [1.54, 1.807) is 23.4 Å². The maximum atomic E-state index is 12.4. The second-order valence-corrected chi connectivity index (χ2v) is 4.53. The van der Waals surface area contributed by atoms with Crippen LogP contribution in [0.5, 0.6) is 0 Å². The molecule has 0 saturated carbocycles. The average molecular weight is 242 g/mol. The number of aromatic nitrogens is 2. The van der Waals surface area contributed by atoms with Crippen LogP contribution in [0.25, 0.3) is 11.0 Å². The summed E-state index contributed by atoms with van der Waals surface area (Å²) in [7, 11) is 0. The van der Waals surface area contributed by atoms with Gasteiger partial charge < -0.3 is 10.6 Å². The number of hydrogen-bond acceptors (Lipinski definition) is 4. The number of rotatable bonds is 1. The molecule has 0 radical (unpaired) electrons. The van der Waals surface area contributed by atoms with Gasteiger partial charge in [-0.2, -0.15) is 0 Å². The Hall–Kier alpha value is -2.01. The van der Waals surface area contributed by atoms with Gasteiger partial charge in [0.25, 0.3) is 5.91 Å². The summed E-state index contributed by atoms with van der Waals surface area (Å²) in [5.41, 5.74) is 7.84. The fourth-order valence-corrected chi connectivity index (χ4v) is 2.31. The van der Waals surface area contributed by atoms with E-state index in [9.17, 15) is 4.79 Å². The average Bonchev–Trinajstić information content (AvgIpc) is 2.84. The molecular weight excluding hydrogens is 228 g/mol. The third kappa shape index (κ3) is 1.82. The SMILES string of the molecule is N[C@H]1CCN(C(=O)c2cccc3nccnc23)C1. The van der Waals surface area contributed by atoms with Crippen LogP contribution in [0.1, 0.15) is 16.8 Å². The molecule has 1 aromatic heterocycles. The largest absolute Gasteiger partial charge is 0.337 e. The van der Waals surface area contributed by atoms with Crippen LogP contribution in [0, 0.1) is 0 Å². The lowest BCUT2D eigenvalue weighted by molar-refractivity contribution is 0.0792. The molecule has 0 bridgehead atoms. The number of carbonyl (C=O) groups is 1. The van der Waals surface area contributed by atoms with Crippen molar-refractivity contribution in [2.45, 2.75) is 12.5 Å². The van der Waals surface area contributed by atoms with Crippen LogP contribution in [0.2, 0.25) is 0 Å². The zero-order valence-corrected chi connectivity index (χ0v) is 9.91. The number of nitrogens with two attached hydrogens (primary N) is 1. The molecule has 1 fully saturated rings. The van der Waals surface area contributed by atoms with Gasteiger partial charge in [-0.25, -0.2) is 0 Å². The van der Waals surface area contributed by atoms with Crippen molar-refractivity contribution in [1.29, 1.82) is 0 Å². The van der Waals surface area contributed by atoms with Gasteiger partial charge in [-0.15, -0.1) is 0 Å². The van der Waals surface area contributed by atoms with Crippen molar-refractivity contribution in [3.05, 3.63) is 36.2 Å². The summed E-state index contributed by atoms with van der Waals surface area (Å²) in [4.78, 5) is 22.7. The molecule has 18 heavy (non-hydrogen) atoms. The zero-order chi connectivity index (χ0) is 12.5. The predicted octanol–water partition coefficient (Wildman–Crippen LogP) is 0.803. The topological polar surface area (TPSA) is 72.1 Å². The molecule has 0 unspecified atom stereocenters. The third-order valence-electron chi connectivity index (χ3n) is 3.24. The van der Waals surface area contributed by atoms with Crippen LogP contribution < -0.4 is 5.73 Å². The van der Waals surface area contributed by atoms with E-state index in [0.29, 0.717) is 17.6 Å². The summed E-state index contributed by atoms with van der Waals surface area (Å²) < 4.78 is 0. The monoisotopic (exact) mass is 242 g/mol. The molecule has 92 valence electrons. The maximum absolute atomic E-state index is 12.4. The van der Waals surface area contributed by atoms with Crippen LogP contribution >= 0.6 is 0 Å². The van der Waals surface area contributed by atoms with Gasteiger partial charge in [-0.05, 0) is 18.6 Å². The van der Waals surface area contributed by atoms with Gasteiger partial charge in [0.2, 0.25) is 0 Å². The van der Waals surface area contributed by atoms with Crippen molar-refractivity contribution in [2.24, 2.45) is 5.73 Å². The normalized spacial score (nSPS) is 19.4. The highest BCUT2D eigenvalue weighted by atomic mass is 16.2. The predicted molar refractivity (Wildman–Crippen MR) is 68.0 cm³/mol. The molecule has 0 aliphatic carbocycles. The zero-order valence-electron chi connectivity index (χ0n) is 9.91. The van der Waals surface area contributed by atoms with E-state index in [-0.39, 0.29) is 11.9 Å². The van der Waals surface area contributed by atoms with Gasteiger partial charge in [0, 0.05) is 31.5 Å². The van der Waals surface area contributed by atoms with Gasteiger partial charge in [-0.1, -0.05) is 6.07 Å². The van der Waals surface area contributed by atoms with Crippen molar-refractivity contribution >= 4 is 16.9 Å². The molecule has 1 amide bonds. The Balaban J connectivity index is 2.01. The van der Waals surface area contributed by atoms with E-state index in [1.807, 2.05) is 12.1 Å².